The lowest BCUT2D eigenvalue weighted by molar-refractivity contribution is -0.149. The summed E-state index contributed by atoms with van der Waals surface area (Å²) < 4.78 is 5.26. The number of benzene rings is 1. The number of amides is 1. The minimum Gasteiger partial charge on any atom is -0.459 e. The van der Waals surface area contributed by atoms with E-state index in [4.69, 9.17) is 9.84 Å². The highest BCUT2D eigenvalue weighted by Crippen LogP contribution is 2.09. The zero-order valence-corrected chi connectivity index (χ0v) is 15.9. The third-order valence-corrected chi connectivity index (χ3v) is 4.27. The number of unbranched alkanes of at least 4 members (excludes halogenated alkanes) is 6. The highest BCUT2D eigenvalue weighted by atomic mass is 16.5. The fourth-order valence-corrected chi connectivity index (χ4v) is 2.72. The van der Waals surface area contributed by atoms with E-state index in [-0.39, 0.29) is 25.5 Å². The monoisotopic (exact) mass is 363 g/mol. The molecule has 2 N–H and O–H groups in total. The standard InChI is InChI=1S/C21H33NO4/c1-2-3-4-5-6-7-11-14-20(24)22-19(15-16-23)21(25)26-17-18-12-9-8-10-13-18/h8-10,12-13,19,23H,2-7,11,14-17H2,1H3,(H,22,24)/t19-/m0/s1. The Balaban J connectivity index is 2.27. The molecule has 0 saturated heterocycles. The number of esters is 1. The maximum atomic E-state index is 12.2. The Labute approximate surface area is 157 Å². The van der Waals surface area contributed by atoms with Gasteiger partial charge in [-0.25, -0.2) is 4.79 Å². The summed E-state index contributed by atoms with van der Waals surface area (Å²) in [5.41, 5.74) is 0.887. The van der Waals surface area contributed by atoms with E-state index in [9.17, 15) is 9.59 Å². The van der Waals surface area contributed by atoms with Gasteiger partial charge in [-0.3, -0.25) is 4.79 Å². The molecule has 0 bridgehead atoms. The van der Waals surface area contributed by atoms with Gasteiger partial charge in [-0.1, -0.05) is 75.8 Å². The predicted molar refractivity (Wildman–Crippen MR) is 102 cm³/mol. The van der Waals surface area contributed by atoms with Gasteiger partial charge in [0.15, 0.2) is 0 Å². The van der Waals surface area contributed by atoms with Crippen molar-refractivity contribution in [2.45, 2.75) is 77.4 Å². The van der Waals surface area contributed by atoms with E-state index >= 15 is 0 Å². The molecule has 26 heavy (non-hydrogen) atoms. The Morgan fingerprint density at radius 1 is 1.04 bits per heavy atom. The first kappa shape index (κ1) is 22.2. The van der Waals surface area contributed by atoms with Crippen molar-refractivity contribution >= 4 is 11.9 Å². The van der Waals surface area contributed by atoms with Gasteiger partial charge in [-0.2, -0.15) is 0 Å². The highest BCUT2D eigenvalue weighted by Gasteiger charge is 2.21. The van der Waals surface area contributed by atoms with Gasteiger partial charge in [0.1, 0.15) is 12.6 Å². The number of aliphatic hydroxyl groups excluding tert-OH is 1. The largest absolute Gasteiger partial charge is 0.459 e. The number of carbonyl (C=O) groups is 2. The van der Waals surface area contributed by atoms with E-state index in [0.29, 0.717) is 6.42 Å². The van der Waals surface area contributed by atoms with Crippen molar-refractivity contribution < 1.29 is 19.4 Å². The normalized spacial score (nSPS) is 11.8. The molecule has 1 aromatic rings. The molecule has 0 aliphatic carbocycles. The molecule has 0 aliphatic heterocycles. The number of rotatable bonds is 14. The topological polar surface area (TPSA) is 75.6 Å². The summed E-state index contributed by atoms with van der Waals surface area (Å²) in [6.07, 6.45) is 8.54. The van der Waals surface area contributed by atoms with Gasteiger partial charge in [0.25, 0.3) is 0 Å². The van der Waals surface area contributed by atoms with Crippen molar-refractivity contribution in [1.82, 2.24) is 5.32 Å². The number of nitrogens with one attached hydrogen (secondary N) is 1. The molecule has 0 aliphatic rings. The third kappa shape index (κ3) is 10.2. The first-order chi connectivity index (χ1) is 12.7. The van der Waals surface area contributed by atoms with Crippen LogP contribution < -0.4 is 5.32 Å². The van der Waals surface area contributed by atoms with Gasteiger partial charge in [-0.15, -0.1) is 0 Å². The molecule has 1 amide bonds. The maximum Gasteiger partial charge on any atom is 0.329 e. The van der Waals surface area contributed by atoms with E-state index in [0.717, 1.165) is 24.8 Å². The smallest absolute Gasteiger partial charge is 0.329 e. The van der Waals surface area contributed by atoms with Crippen LogP contribution >= 0.6 is 0 Å². The summed E-state index contributed by atoms with van der Waals surface area (Å²) in [4.78, 5) is 24.2. The molecule has 0 aromatic heterocycles. The zero-order valence-electron chi connectivity index (χ0n) is 15.9. The first-order valence-electron chi connectivity index (χ1n) is 9.78. The molecule has 1 aromatic carbocycles. The van der Waals surface area contributed by atoms with Gasteiger partial charge in [0.2, 0.25) is 5.91 Å². The molecule has 5 nitrogen and oxygen atoms in total. The molecule has 1 rings (SSSR count). The Morgan fingerprint density at radius 3 is 2.35 bits per heavy atom. The third-order valence-electron chi connectivity index (χ3n) is 4.27. The van der Waals surface area contributed by atoms with Crippen LogP contribution in [0.3, 0.4) is 0 Å². The molecular weight excluding hydrogens is 330 g/mol. The lowest BCUT2D eigenvalue weighted by atomic mass is 10.1. The lowest BCUT2D eigenvalue weighted by Crippen LogP contribution is -2.42. The maximum absolute atomic E-state index is 12.2. The van der Waals surface area contributed by atoms with Crippen molar-refractivity contribution in [2.75, 3.05) is 6.61 Å². The molecule has 1 atom stereocenters. The lowest BCUT2D eigenvalue weighted by Gasteiger charge is -2.17. The van der Waals surface area contributed by atoms with Crippen LogP contribution in [0.2, 0.25) is 0 Å². The zero-order chi connectivity index (χ0) is 19.0. The summed E-state index contributed by atoms with van der Waals surface area (Å²) in [6, 6.07) is 8.59. The number of carbonyl (C=O) groups excluding carboxylic acids is 2. The predicted octanol–water partition coefficient (Wildman–Crippen LogP) is 3.74. The average molecular weight is 363 g/mol. The van der Waals surface area contributed by atoms with Crippen LogP contribution in [0.1, 0.15) is 70.3 Å². The van der Waals surface area contributed by atoms with Gasteiger partial charge < -0.3 is 15.2 Å². The Morgan fingerprint density at radius 2 is 1.69 bits per heavy atom. The van der Waals surface area contributed by atoms with Crippen LogP contribution in [-0.2, 0) is 20.9 Å². The van der Waals surface area contributed by atoms with Crippen LogP contribution in [0.15, 0.2) is 30.3 Å². The second kappa shape index (κ2) is 14.3. The van der Waals surface area contributed by atoms with Crippen molar-refractivity contribution in [3.63, 3.8) is 0 Å². The first-order valence-corrected chi connectivity index (χ1v) is 9.78. The van der Waals surface area contributed by atoms with Crippen LogP contribution in [-0.4, -0.2) is 29.6 Å². The Kier molecular flexibility index (Phi) is 12.2. The van der Waals surface area contributed by atoms with Crippen LogP contribution in [0.4, 0.5) is 0 Å². The summed E-state index contributed by atoms with van der Waals surface area (Å²) in [5, 5.41) is 11.8. The molecule has 0 radical (unpaired) electrons. The van der Waals surface area contributed by atoms with Crippen molar-refractivity contribution in [1.29, 1.82) is 0 Å². The van der Waals surface area contributed by atoms with Crippen molar-refractivity contribution in [2.24, 2.45) is 0 Å². The van der Waals surface area contributed by atoms with Crippen LogP contribution in [0.5, 0.6) is 0 Å². The molecule has 146 valence electrons. The molecule has 0 fully saturated rings. The number of aliphatic hydroxyl groups is 1. The van der Waals surface area contributed by atoms with Crippen LogP contribution in [0, 0.1) is 0 Å². The molecule has 5 heteroatoms. The van der Waals surface area contributed by atoms with Gasteiger partial charge in [0.05, 0.1) is 0 Å². The summed E-state index contributed by atoms with van der Waals surface area (Å²) in [5.74, 6) is -0.663. The number of hydrogen-bond acceptors (Lipinski definition) is 4. The SMILES string of the molecule is CCCCCCCCCC(=O)N[C@@H](CCO)C(=O)OCc1ccccc1. The van der Waals surface area contributed by atoms with E-state index in [1.807, 2.05) is 30.3 Å². The average Bonchev–Trinajstić information content (AvgIpc) is 2.66. The molecule has 0 saturated carbocycles. The summed E-state index contributed by atoms with van der Waals surface area (Å²) in [6.45, 7) is 2.18. The number of ether oxygens (including phenoxy) is 1. The van der Waals surface area contributed by atoms with E-state index < -0.39 is 12.0 Å². The van der Waals surface area contributed by atoms with Crippen molar-refractivity contribution in [3.05, 3.63) is 35.9 Å². The highest BCUT2D eigenvalue weighted by molar-refractivity contribution is 5.84. The Bertz CT molecular complexity index is 504. The second-order valence-corrected chi connectivity index (χ2v) is 6.60. The van der Waals surface area contributed by atoms with E-state index in [2.05, 4.69) is 12.2 Å². The number of hydrogen-bond donors (Lipinski definition) is 2. The quantitative estimate of drug-likeness (QED) is 0.390. The summed E-state index contributed by atoms with van der Waals surface area (Å²) in [7, 11) is 0. The van der Waals surface area contributed by atoms with Gasteiger partial charge in [0, 0.05) is 19.4 Å². The fourth-order valence-electron chi connectivity index (χ4n) is 2.72. The minimum atomic E-state index is -0.791. The minimum absolute atomic E-state index is 0.159. The van der Waals surface area contributed by atoms with Gasteiger partial charge in [-0.05, 0) is 12.0 Å². The molecular formula is C21H33NO4. The fraction of sp³-hybridized carbons (Fsp3) is 0.619. The van der Waals surface area contributed by atoms with E-state index in [1.165, 1.54) is 25.7 Å². The second-order valence-electron chi connectivity index (χ2n) is 6.60. The van der Waals surface area contributed by atoms with Crippen molar-refractivity contribution in [3.8, 4) is 0 Å². The summed E-state index contributed by atoms with van der Waals surface area (Å²) >= 11 is 0. The Hall–Kier alpha value is -1.88. The van der Waals surface area contributed by atoms with Gasteiger partial charge >= 0.3 is 5.97 Å². The molecule has 0 unspecified atom stereocenters. The molecule has 0 spiro atoms. The molecule has 0 heterocycles. The van der Waals surface area contributed by atoms with E-state index in [1.54, 1.807) is 0 Å². The van der Waals surface area contributed by atoms with Crippen LogP contribution in [0.25, 0.3) is 0 Å².